The average molecular weight is 987 g/mol. The molecule has 0 saturated heterocycles. The predicted molar refractivity (Wildman–Crippen MR) is 227 cm³/mol. The highest BCUT2D eigenvalue weighted by Crippen LogP contribution is 2.43. The molecular formula is C48H38F12O7S. The van der Waals surface area contributed by atoms with E-state index >= 15 is 17.6 Å². The van der Waals surface area contributed by atoms with Crippen molar-refractivity contribution in [3.05, 3.63) is 183 Å². The van der Waals surface area contributed by atoms with E-state index in [0.717, 1.165) is 12.5 Å². The standard InChI is InChI=1S/C43H26F12O4.C3H6O.C2H6O2S/c1-5-25-28(44)36(52)41(37(53)29(25)45)58-23-14-8-20(9-15-23)43(2,19-6-12-22(56-3)13-7-19)21-10-16-24(17-11-21)59-42-38(54)32(48)27(33(49)39(42)55)18-26-30(46)34(50)40(57-4)35(51)31(26)47;1-3(2)4;1-5(2,3)4/h5-17H,1,18H2,2-4H3;1-2H3;1-2H3. The van der Waals surface area contributed by atoms with Gasteiger partial charge in [0.1, 0.15) is 32.9 Å². The molecule has 0 fully saturated rings. The van der Waals surface area contributed by atoms with E-state index in [4.69, 9.17) is 14.2 Å². The number of carbonyl (C=O) groups excluding carboxylic acids is 1. The van der Waals surface area contributed by atoms with Crippen LogP contribution in [0.3, 0.4) is 0 Å². The van der Waals surface area contributed by atoms with E-state index in [1.54, 1.807) is 31.2 Å². The van der Waals surface area contributed by atoms with Gasteiger partial charge in [0.05, 0.1) is 19.8 Å². The summed E-state index contributed by atoms with van der Waals surface area (Å²) < 4.78 is 216. The molecule has 1 unspecified atom stereocenters. The first-order valence-electron chi connectivity index (χ1n) is 19.3. The van der Waals surface area contributed by atoms with Crippen LogP contribution in [0.4, 0.5) is 52.7 Å². The number of benzene rings is 6. The fourth-order valence-electron chi connectivity index (χ4n) is 6.34. The Morgan fingerprint density at radius 2 is 0.765 bits per heavy atom. The Labute approximate surface area is 382 Å². The van der Waals surface area contributed by atoms with E-state index in [1.807, 2.05) is 0 Å². The van der Waals surface area contributed by atoms with E-state index < -0.39 is 125 Å². The Morgan fingerprint density at radius 3 is 1.03 bits per heavy atom. The van der Waals surface area contributed by atoms with Crippen LogP contribution in [0.25, 0.3) is 6.08 Å². The number of halogens is 12. The summed E-state index contributed by atoms with van der Waals surface area (Å²) in [5.74, 6) is -28.2. The maximum Gasteiger partial charge on any atom is 0.205 e. The first-order chi connectivity index (χ1) is 31.7. The molecule has 0 amide bonds. The second kappa shape index (κ2) is 21.8. The minimum atomic E-state index is -2.67. The van der Waals surface area contributed by atoms with Crippen LogP contribution in [-0.2, 0) is 26.5 Å². The quantitative estimate of drug-likeness (QED) is 0.0685. The molecule has 0 aliphatic heterocycles. The molecule has 68 heavy (non-hydrogen) atoms. The fraction of sp³-hybridized carbons (Fsp3) is 0.188. The molecule has 0 bridgehead atoms. The molecule has 0 saturated carbocycles. The van der Waals surface area contributed by atoms with Crippen molar-refractivity contribution in [3.63, 3.8) is 0 Å². The van der Waals surface area contributed by atoms with Crippen molar-refractivity contribution in [2.45, 2.75) is 32.6 Å². The Kier molecular flexibility index (Phi) is 17.2. The Balaban J connectivity index is 0.00000103. The van der Waals surface area contributed by atoms with Gasteiger partial charge in [-0.2, -0.15) is 26.3 Å². The highest BCUT2D eigenvalue weighted by molar-refractivity contribution is 7.89. The van der Waals surface area contributed by atoms with Crippen LogP contribution in [-0.4, -0.2) is 40.9 Å². The third kappa shape index (κ3) is 11.6. The maximum absolute atomic E-state index is 15.3. The van der Waals surface area contributed by atoms with Crippen molar-refractivity contribution in [3.8, 4) is 34.5 Å². The van der Waals surface area contributed by atoms with Crippen LogP contribution in [0.1, 0.15) is 54.2 Å². The summed E-state index contributed by atoms with van der Waals surface area (Å²) in [5.41, 5.74) is -3.76. The van der Waals surface area contributed by atoms with Crippen molar-refractivity contribution in [1.29, 1.82) is 0 Å². The molecule has 7 nitrogen and oxygen atoms in total. The van der Waals surface area contributed by atoms with Gasteiger partial charge in [0.2, 0.25) is 46.4 Å². The van der Waals surface area contributed by atoms with Gasteiger partial charge in [0, 0.05) is 35.5 Å². The van der Waals surface area contributed by atoms with Crippen LogP contribution >= 0.6 is 0 Å². The molecule has 0 aliphatic rings. The van der Waals surface area contributed by atoms with Gasteiger partial charge in [-0.05, 0) is 73.9 Å². The number of hydrogen-bond donors (Lipinski definition) is 0. The van der Waals surface area contributed by atoms with Crippen molar-refractivity contribution in [2.75, 3.05) is 26.7 Å². The third-order valence-electron chi connectivity index (χ3n) is 9.62. The third-order valence-corrected chi connectivity index (χ3v) is 9.62. The predicted octanol–water partition coefficient (Wildman–Crippen LogP) is 12.8. The zero-order valence-corrected chi connectivity index (χ0v) is 37.5. The molecule has 1 atom stereocenters. The maximum atomic E-state index is 15.3. The first-order valence-corrected chi connectivity index (χ1v) is 21.6. The lowest BCUT2D eigenvalue weighted by atomic mass is 9.71. The summed E-state index contributed by atoms with van der Waals surface area (Å²) in [6.07, 6.45) is 1.28. The summed E-state index contributed by atoms with van der Waals surface area (Å²) in [7, 11) is -0.524. The van der Waals surface area contributed by atoms with Crippen LogP contribution in [0.5, 0.6) is 34.5 Å². The van der Waals surface area contributed by atoms with E-state index in [1.165, 1.54) is 69.5 Å². The van der Waals surface area contributed by atoms with E-state index in [-0.39, 0.29) is 17.3 Å². The highest BCUT2D eigenvalue weighted by Gasteiger charge is 2.34. The highest BCUT2D eigenvalue weighted by atomic mass is 32.2. The molecule has 0 N–H and O–H groups in total. The summed E-state index contributed by atoms with van der Waals surface area (Å²) in [4.78, 5) is 9.44. The SMILES string of the molecule is C=Cc1c(F)c(F)c(Oc2ccc(C(C)(c3ccc(OC)cc3)c3ccc(Oc4c(F)c(F)c(Cc5c(F)c(F)c(OC)c(F)c5F)c(F)c4F)cc3)cc2)c(F)c1F.CC(C)=O.CS(C)(=O)=O. The minimum Gasteiger partial charge on any atom is -0.497 e. The van der Waals surface area contributed by atoms with Crippen LogP contribution in [0.2, 0.25) is 0 Å². The number of methoxy groups -OCH3 is 2. The number of rotatable bonds is 12. The number of carbonyl (C=O) groups is 1. The lowest BCUT2D eigenvalue weighted by Gasteiger charge is -2.32. The zero-order valence-electron chi connectivity index (χ0n) is 36.7. The molecule has 0 aliphatic carbocycles. The molecule has 6 aromatic carbocycles. The second-order valence-electron chi connectivity index (χ2n) is 14.9. The summed E-state index contributed by atoms with van der Waals surface area (Å²) >= 11 is 0. The molecular weight excluding hydrogens is 949 g/mol. The number of sulfone groups is 1. The Morgan fingerprint density at radius 1 is 0.500 bits per heavy atom. The number of ether oxygens (including phenoxy) is 4. The van der Waals surface area contributed by atoms with Crippen molar-refractivity contribution >= 4 is 21.7 Å². The molecule has 0 radical (unpaired) electrons. The fourth-order valence-corrected chi connectivity index (χ4v) is 6.34. The van der Waals surface area contributed by atoms with Crippen molar-refractivity contribution < 1.29 is 84.8 Å². The Bertz CT molecular complexity index is 2870. The monoisotopic (exact) mass is 986 g/mol. The van der Waals surface area contributed by atoms with Crippen LogP contribution < -0.4 is 18.9 Å². The lowest BCUT2D eigenvalue weighted by molar-refractivity contribution is -0.115. The molecule has 20 heteroatoms. The van der Waals surface area contributed by atoms with Gasteiger partial charge in [-0.15, -0.1) is 0 Å². The van der Waals surface area contributed by atoms with Gasteiger partial charge in [-0.1, -0.05) is 49.1 Å². The summed E-state index contributed by atoms with van der Waals surface area (Å²) in [6.45, 7) is 7.94. The van der Waals surface area contributed by atoms with Gasteiger partial charge in [-0.25, -0.2) is 34.8 Å². The van der Waals surface area contributed by atoms with Gasteiger partial charge < -0.3 is 23.7 Å². The molecule has 6 rings (SSSR count). The first kappa shape index (κ1) is 53.7. The lowest BCUT2D eigenvalue weighted by Crippen LogP contribution is -2.25. The molecule has 0 heterocycles. The topological polar surface area (TPSA) is 88.1 Å². The van der Waals surface area contributed by atoms with E-state index in [0.29, 0.717) is 35.6 Å². The summed E-state index contributed by atoms with van der Waals surface area (Å²) in [5, 5.41) is 0. The van der Waals surface area contributed by atoms with E-state index in [2.05, 4.69) is 11.3 Å². The van der Waals surface area contributed by atoms with Gasteiger partial charge in [-0.3, -0.25) is 0 Å². The molecule has 0 aromatic heterocycles. The smallest absolute Gasteiger partial charge is 0.205 e. The molecule has 6 aromatic rings. The normalized spacial score (nSPS) is 11.9. The Hall–Kier alpha value is -6.96. The van der Waals surface area contributed by atoms with Crippen molar-refractivity contribution in [2.24, 2.45) is 0 Å². The minimum absolute atomic E-state index is 0.167. The van der Waals surface area contributed by atoms with Crippen LogP contribution in [0, 0.1) is 69.8 Å². The van der Waals surface area contributed by atoms with Gasteiger partial charge in [0.25, 0.3) is 0 Å². The van der Waals surface area contributed by atoms with Crippen molar-refractivity contribution in [1.82, 2.24) is 0 Å². The average Bonchev–Trinajstić information content (AvgIpc) is 3.29. The number of ketones is 1. The van der Waals surface area contributed by atoms with Crippen LogP contribution in [0.15, 0.2) is 79.4 Å². The molecule has 362 valence electrons. The second-order valence-corrected chi connectivity index (χ2v) is 17.2. The van der Waals surface area contributed by atoms with Gasteiger partial charge >= 0.3 is 0 Å². The van der Waals surface area contributed by atoms with Gasteiger partial charge in [0.15, 0.2) is 40.7 Å². The largest absolute Gasteiger partial charge is 0.497 e. The van der Waals surface area contributed by atoms with E-state index in [9.17, 15) is 48.3 Å². The number of hydrogen-bond acceptors (Lipinski definition) is 7. The summed E-state index contributed by atoms with van der Waals surface area (Å²) in [6, 6.07) is 17.4. The number of Topliss-reactive ketones (excluding diaryl/α,β-unsaturated/α-hetero) is 1. The zero-order chi connectivity index (χ0) is 51.2. The molecule has 0 spiro atoms.